The van der Waals surface area contributed by atoms with E-state index in [1.807, 2.05) is 31.2 Å². The monoisotopic (exact) mass is 408 g/mol. The molecule has 3 aromatic rings. The summed E-state index contributed by atoms with van der Waals surface area (Å²) in [7, 11) is 0. The van der Waals surface area contributed by atoms with Gasteiger partial charge in [-0.2, -0.15) is 0 Å². The zero-order chi connectivity index (χ0) is 20.4. The molecule has 3 heterocycles. The minimum Gasteiger partial charge on any atom is -0.467 e. The molecule has 0 saturated carbocycles. The van der Waals surface area contributed by atoms with Gasteiger partial charge in [-0.05, 0) is 49.4 Å². The molecule has 0 aliphatic carbocycles. The van der Waals surface area contributed by atoms with Crippen LogP contribution < -0.4 is 5.32 Å². The SMILES string of the molecule is Cc1ccc(Sc2ccc(/C=C3\C(=O)NC(=O)N(Cc4ccco4)C3=O)o2)cc1. The molecule has 0 atom stereocenters. The minimum absolute atomic E-state index is 0.0744. The molecular formula is C21H16N2O5S. The Morgan fingerprint density at radius 2 is 1.86 bits per heavy atom. The van der Waals surface area contributed by atoms with Crippen molar-refractivity contribution in [2.24, 2.45) is 0 Å². The highest BCUT2D eigenvalue weighted by molar-refractivity contribution is 7.99. The van der Waals surface area contributed by atoms with Gasteiger partial charge in [-0.1, -0.05) is 29.5 Å². The number of hydrogen-bond donors (Lipinski definition) is 1. The number of urea groups is 1. The quantitative estimate of drug-likeness (QED) is 0.507. The summed E-state index contributed by atoms with van der Waals surface area (Å²) < 4.78 is 10.9. The molecule has 7 nitrogen and oxygen atoms in total. The molecule has 1 aliphatic heterocycles. The number of nitrogens with zero attached hydrogens (tertiary/aromatic N) is 1. The Hall–Kier alpha value is -3.52. The molecule has 2 aromatic heterocycles. The molecule has 0 unspecified atom stereocenters. The first-order chi connectivity index (χ1) is 14.0. The fourth-order valence-electron chi connectivity index (χ4n) is 2.73. The van der Waals surface area contributed by atoms with Gasteiger partial charge in [-0.3, -0.25) is 19.8 Å². The number of carbonyl (C=O) groups is 3. The maximum absolute atomic E-state index is 12.7. The van der Waals surface area contributed by atoms with Crippen molar-refractivity contribution in [2.45, 2.75) is 23.5 Å². The fourth-order valence-corrected chi connectivity index (χ4v) is 3.51. The number of imide groups is 2. The largest absolute Gasteiger partial charge is 0.467 e. The molecule has 0 bridgehead atoms. The van der Waals surface area contributed by atoms with Crippen LogP contribution in [0.25, 0.3) is 6.08 Å². The molecule has 1 fully saturated rings. The summed E-state index contributed by atoms with van der Waals surface area (Å²) in [4.78, 5) is 38.8. The number of carbonyl (C=O) groups excluding carboxylic acids is 3. The smallest absolute Gasteiger partial charge is 0.331 e. The predicted molar refractivity (Wildman–Crippen MR) is 105 cm³/mol. The highest BCUT2D eigenvalue weighted by Gasteiger charge is 2.36. The van der Waals surface area contributed by atoms with Crippen LogP contribution in [0.4, 0.5) is 4.79 Å². The van der Waals surface area contributed by atoms with E-state index in [2.05, 4.69) is 5.32 Å². The number of aryl methyl sites for hydroxylation is 1. The Bertz CT molecular complexity index is 1100. The normalized spacial score (nSPS) is 15.8. The fraction of sp³-hybridized carbons (Fsp3) is 0.0952. The van der Waals surface area contributed by atoms with E-state index in [9.17, 15) is 14.4 Å². The van der Waals surface area contributed by atoms with Crippen LogP contribution in [-0.4, -0.2) is 22.7 Å². The van der Waals surface area contributed by atoms with Gasteiger partial charge in [0.1, 0.15) is 17.1 Å². The first-order valence-corrected chi connectivity index (χ1v) is 9.57. The third-order valence-corrected chi connectivity index (χ3v) is 5.14. The maximum Gasteiger partial charge on any atom is 0.331 e. The molecule has 1 aromatic carbocycles. The van der Waals surface area contributed by atoms with Gasteiger partial charge in [0.2, 0.25) is 0 Å². The predicted octanol–water partition coefficient (Wildman–Crippen LogP) is 3.99. The summed E-state index contributed by atoms with van der Waals surface area (Å²) in [5.41, 5.74) is 0.979. The second-order valence-electron chi connectivity index (χ2n) is 6.36. The van der Waals surface area contributed by atoms with E-state index in [1.54, 1.807) is 24.3 Å². The van der Waals surface area contributed by atoms with Gasteiger partial charge >= 0.3 is 6.03 Å². The van der Waals surface area contributed by atoms with Gasteiger partial charge in [0, 0.05) is 4.90 Å². The van der Waals surface area contributed by atoms with E-state index in [0.717, 1.165) is 15.4 Å². The van der Waals surface area contributed by atoms with Gasteiger partial charge < -0.3 is 8.83 Å². The molecule has 1 N–H and O–H groups in total. The summed E-state index contributed by atoms with van der Waals surface area (Å²) in [6.45, 7) is 1.94. The van der Waals surface area contributed by atoms with Crippen LogP contribution in [-0.2, 0) is 16.1 Å². The van der Waals surface area contributed by atoms with Crippen molar-refractivity contribution < 1.29 is 23.2 Å². The second-order valence-corrected chi connectivity index (χ2v) is 7.44. The Morgan fingerprint density at radius 1 is 1.07 bits per heavy atom. The van der Waals surface area contributed by atoms with E-state index < -0.39 is 17.8 Å². The number of nitrogens with one attached hydrogen (secondary N) is 1. The third kappa shape index (κ3) is 4.17. The van der Waals surface area contributed by atoms with Crippen molar-refractivity contribution in [3.63, 3.8) is 0 Å². The Kier molecular flexibility index (Phi) is 5.09. The van der Waals surface area contributed by atoms with Gasteiger partial charge in [0.05, 0.1) is 12.8 Å². The summed E-state index contributed by atoms with van der Waals surface area (Å²) in [5.74, 6) is -0.707. The molecular weight excluding hydrogens is 392 g/mol. The zero-order valence-corrected chi connectivity index (χ0v) is 16.2. The topological polar surface area (TPSA) is 92.8 Å². The van der Waals surface area contributed by atoms with Crippen LogP contribution in [0.1, 0.15) is 17.1 Å². The highest BCUT2D eigenvalue weighted by atomic mass is 32.2. The molecule has 1 saturated heterocycles. The lowest BCUT2D eigenvalue weighted by Gasteiger charge is -2.25. The van der Waals surface area contributed by atoms with E-state index in [4.69, 9.17) is 8.83 Å². The molecule has 146 valence electrons. The van der Waals surface area contributed by atoms with Crippen LogP contribution >= 0.6 is 11.8 Å². The van der Waals surface area contributed by atoms with Crippen LogP contribution in [0.3, 0.4) is 0 Å². The van der Waals surface area contributed by atoms with Crippen molar-refractivity contribution in [3.8, 4) is 0 Å². The maximum atomic E-state index is 12.7. The van der Waals surface area contributed by atoms with Crippen molar-refractivity contribution >= 4 is 35.7 Å². The molecule has 8 heteroatoms. The number of rotatable bonds is 5. The Balaban J connectivity index is 1.54. The number of barbiturate groups is 1. The van der Waals surface area contributed by atoms with Gasteiger partial charge in [0.15, 0.2) is 5.09 Å². The van der Waals surface area contributed by atoms with Gasteiger partial charge in [0.25, 0.3) is 11.8 Å². The number of benzene rings is 1. The standard InChI is InChI=1S/C21H16N2O5S/c1-13-4-7-16(8-5-13)29-18-9-6-14(28-18)11-17-19(24)22-21(26)23(20(17)25)12-15-3-2-10-27-15/h2-11H,12H2,1H3,(H,22,24,26)/b17-11+. The van der Waals surface area contributed by atoms with E-state index >= 15 is 0 Å². The zero-order valence-electron chi connectivity index (χ0n) is 15.4. The van der Waals surface area contributed by atoms with Crippen molar-refractivity contribution in [3.05, 3.63) is 77.5 Å². The summed E-state index contributed by atoms with van der Waals surface area (Å²) in [5, 5.41) is 2.78. The van der Waals surface area contributed by atoms with E-state index in [0.29, 0.717) is 16.6 Å². The number of furan rings is 2. The van der Waals surface area contributed by atoms with Crippen LogP contribution in [0, 0.1) is 6.92 Å². The Morgan fingerprint density at radius 3 is 2.59 bits per heavy atom. The lowest BCUT2D eigenvalue weighted by atomic mass is 10.1. The number of amides is 4. The second kappa shape index (κ2) is 7.84. The average Bonchev–Trinajstić information content (AvgIpc) is 3.36. The average molecular weight is 408 g/mol. The molecule has 0 radical (unpaired) electrons. The van der Waals surface area contributed by atoms with E-state index in [1.165, 1.54) is 24.1 Å². The first-order valence-electron chi connectivity index (χ1n) is 8.75. The molecule has 29 heavy (non-hydrogen) atoms. The van der Waals surface area contributed by atoms with Crippen LogP contribution in [0.5, 0.6) is 0 Å². The van der Waals surface area contributed by atoms with E-state index in [-0.39, 0.29) is 12.1 Å². The van der Waals surface area contributed by atoms with Gasteiger partial charge in [-0.15, -0.1) is 0 Å². The van der Waals surface area contributed by atoms with Crippen molar-refractivity contribution in [1.82, 2.24) is 10.2 Å². The highest BCUT2D eigenvalue weighted by Crippen LogP contribution is 2.30. The lowest BCUT2D eigenvalue weighted by molar-refractivity contribution is -0.130. The molecule has 4 rings (SSSR count). The van der Waals surface area contributed by atoms with Crippen LogP contribution in [0.15, 0.2) is 79.2 Å². The first kappa shape index (κ1) is 18.8. The van der Waals surface area contributed by atoms with Crippen molar-refractivity contribution in [1.29, 1.82) is 0 Å². The third-order valence-electron chi connectivity index (χ3n) is 4.21. The van der Waals surface area contributed by atoms with Gasteiger partial charge in [-0.25, -0.2) is 4.79 Å². The molecule has 4 amide bonds. The molecule has 0 spiro atoms. The number of hydrogen-bond acceptors (Lipinski definition) is 6. The summed E-state index contributed by atoms with van der Waals surface area (Å²) in [6, 6.07) is 13.9. The Labute approximate surface area is 170 Å². The summed E-state index contributed by atoms with van der Waals surface area (Å²) >= 11 is 1.43. The minimum atomic E-state index is -0.788. The summed E-state index contributed by atoms with van der Waals surface area (Å²) in [6.07, 6.45) is 2.78. The lowest BCUT2D eigenvalue weighted by Crippen LogP contribution is -2.53. The molecule has 1 aliphatic rings. The van der Waals surface area contributed by atoms with Crippen LogP contribution in [0.2, 0.25) is 0 Å². The van der Waals surface area contributed by atoms with Crippen molar-refractivity contribution in [2.75, 3.05) is 0 Å².